The Hall–Kier alpha value is -6.64. The van der Waals surface area contributed by atoms with Crippen LogP contribution in [0.5, 0.6) is 0 Å². The Morgan fingerprint density at radius 1 is 0.411 bits per heavy atom. The van der Waals surface area contributed by atoms with Crippen molar-refractivity contribution < 1.29 is 0 Å². The molecule has 0 amide bonds. The summed E-state index contributed by atoms with van der Waals surface area (Å²) in [7, 11) is 0. The summed E-state index contributed by atoms with van der Waals surface area (Å²) in [4.78, 5) is 2.60. The highest BCUT2D eigenvalue weighted by molar-refractivity contribution is 6.19. The fourth-order valence-corrected chi connectivity index (χ4v) is 18.4. The van der Waals surface area contributed by atoms with Crippen LogP contribution in [0.1, 0.15) is 113 Å². The van der Waals surface area contributed by atoms with E-state index in [4.69, 9.17) is 0 Å². The normalized spacial score (nSPS) is 27.7. The molecule has 73 heavy (non-hydrogen) atoms. The predicted molar refractivity (Wildman–Crippen MR) is 304 cm³/mol. The molecule has 360 valence electrons. The Kier molecular flexibility index (Phi) is 9.20. The minimum Gasteiger partial charge on any atom is -0.310 e. The average Bonchev–Trinajstić information content (AvgIpc) is 3.86. The summed E-state index contributed by atoms with van der Waals surface area (Å²) in [5.74, 6) is 5.59. The van der Waals surface area contributed by atoms with Crippen LogP contribution in [0.3, 0.4) is 0 Å². The van der Waals surface area contributed by atoms with E-state index in [-0.39, 0.29) is 5.41 Å². The van der Waals surface area contributed by atoms with E-state index >= 15 is 0 Å². The zero-order valence-corrected chi connectivity index (χ0v) is 42.7. The Bertz CT molecular complexity index is 3480. The maximum atomic E-state index is 2.60. The topological polar surface area (TPSA) is 8.17 Å². The van der Waals surface area contributed by atoms with E-state index in [1.165, 1.54) is 166 Å². The van der Waals surface area contributed by atoms with Crippen LogP contribution < -0.4 is 4.90 Å². The van der Waals surface area contributed by atoms with Crippen LogP contribution in [-0.4, -0.2) is 4.57 Å². The Morgan fingerprint density at radius 3 is 1.40 bits per heavy atom. The van der Waals surface area contributed by atoms with Gasteiger partial charge in [0.25, 0.3) is 0 Å². The van der Waals surface area contributed by atoms with Crippen LogP contribution in [0.4, 0.5) is 17.1 Å². The van der Waals surface area contributed by atoms with Crippen molar-refractivity contribution in [2.24, 2.45) is 35.5 Å². The number of hydrogen-bond donors (Lipinski definition) is 0. The quantitative estimate of drug-likeness (QED) is 0.147. The van der Waals surface area contributed by atoms with Gasteiger partial charge < -0.3 is 9.47 Å². The lowest BCUT2D eigenvalue weighted by Gasteiger charge is -2.57. The molecule has 0 saturated heterocycles. The van der Waals surface area contributed by atoms with Gasteiger partial charge in [-0.2, -0.15) is 0 Å². The highest BCUT2D eigenvalue weighted by Gasteiger charge is 2.53. The number of nitrogens with zero attached hydrogens (tertiary/aromatic N) is 2. The summed E-state index contributed by atoms with van der Waals surface area (Å²) in [6, 6.07) is 70.5. The monoisotopic (exact) mass is 947 g/mol. The van der Waals surface area contributed by atoms with Crippen molar-refractivity contribution in [3.63, 3.8) is 0 Å². The molecule has 8 aromatic carbocycles. The molecule has 9 aliphatic rings. The number of rotatable bonds is 8. The molecular weight excluding hydrogens is 881 g/mol. The second kappa shape index (κ2) is 15.7. The molecule has 2 nitrogen and oxygen atoms in total. The van der Waals surface area contributed by atoms with E-state index in [1.54, 1.807) is 11.1 Å². The molecule has 9 aliphatic carbocycles. The molecule has 1 heterocycles. The summed E-state index contributed by atoms with van der Waals surface area (Å²) < 4.78 is 2.60. The first kappa shape index (κ1) is 42.8. The summed E-state index contributed by atoms with van der Waals surface area (Å²) in [5.41, 5.74) is 21.6. The highest BCUT2D eigenvalue weighted by atomic mass is 15.1. The van der Waals surface area contributed by atoms with Gasteiger partial charge in [-0.25, -0.2) is 0 Å². The Labute approximate surface area is 432 Å². The van der Waals surface area contributed by atoms with Gasteiger partial charge in [0.2, 0.25) is 0 Å². The van der Waals surface area contributed by atoms with E-state index in [2.05, 4.69) is 205 Å². The highest BCUT2D eigenvalue weighted by Crippen LogP contribution is 2.63. The number of benzene rings is 8. The van der Waals surface area contributed by atoms with Gasteiger partial charge in [-0.15, -0.1) is 0 Å². The first-order chi connectivity index (χ1) is 35.8. The van der Waals surface area contributed by atoms with Gasteiger partial charge in [-0.05, 0) is 240 Å². The minimum absolute atomic E-state index is 0.299. The van der Waals surface area contributed by atoms with Crippen molar-refractivity contribution in [3.8, 4) is 39.1 Å². The number of aromatic nitrogens is 1. The van der Waals surface area contributed by atoms with Crippen LogP contribution in [0.15, 0.2) is 182 Å². The van der Waals surface area contributed by atoms with Crippen LogP contribution >= 0.6 is 0 Å². The van der Waals surface area contributed by atoms with E-state index in [0.29, 0.717) is 10.8 Å². The second-order valence-corrected chi connectivity index (χ2v) is 25.4. The van der Waals surface area contributed by atoms with Gasteiger partial charge in [0.05, 0.1) is 11.0 Å². The molecular formula is C71H66N2. The predicted octanol–water partition coefficient (Wildman–Crippen LogP) is 18.8. The third-order valence-electron chi connectivity index (χ3n) is 20.6. The van der Waals surface area contributed by atoms with Crippen molar-refractivity contribution >= 4 is 38.9 Å². The molecule has 0 aliphatic heterocycles. The SMILES string of the molecule is CC1(C)c2cc(N(c3ccc(C45CC6CC(CC(C6)C4)C5)cc3)c3ccc(C45CC6CC(CC(C6)C4)C5)cc3)ccc2-c2ccc3c4c(-c5ccccc5)cc(-c5ccccc5)cc4n(-c4ccccc4)c3c21. The van der Waals surface area contributed by atoms with Crippen molar-refractivity contribution in [1.82, 2.24) is 4.57 Å². The van der Waals surface area contributed by atoms with E-state index in [9.17, 15) is 0 Å². The minimum atomic E-state index is -0.299. The molecule has 8 bridgehead atoms. The molecule has 0 atom stereocenters. The number of hydrogen-bond acceptors (Lipinski definition) is 1. The summed E-state index contributed by atoms with van der Waals surface area (Å²) >= 11 is 0. The number of anilines is 3. The number of para-hydroxylation sites is 1. The molecule has 2 heteroatoms. The van der Waals surface area contributed by atoms with E-state index in [1.807, 2.05) is 0 Å². The third kappa shape index (κ3) is 6.47. The first-order valence-corrected chi connectivity index (χ1v) is 28.2. The lowest BCUT2D eigenvalue weighted by atomic mass is 9.48. The zero-order valence-electron chi connectivity index (χ0n) is 42.7. The molecule has 8 saturated carbocycles. The van der Waals surface area contributed by atoms with Gasteiger partial charge in [0.1, 0.15) is 0 Å². The zero-order chi connectivity index (χ0) is 48.2. The van der Waals surface area contributed by atoms with Crippen molar-refractivity contribution in [3.05, 3.63) is 204 Å². The van der Waals surface area contributed by atoms with E-state index < -0.39 is 0 Å². The van der Waals surface area contributed by atoms with Gasteiger partial charge >= 0.3 is 0 Å². The Morgan fingerprint density at radius 2 is 0.877 bits per heavy atom. The second-order valence-electron chi connectivity index (χ2n) is 25.4. The number of fused-ring (bicyclic) bond motifs is 7. The lowest BCUT2D eigenvalue weighted by molar-refractivity contribution is -0.00529. The van der Waals surface area contributed by atoms with Crippen LogP contribution in [0.2, 0.25) is 0 Å². The lowest BCUT2D eigenvalue weighted by Crippen LogP contribution is -2.48. The largest absolute Gasteiger partial charge is 0.310 e. The van der Waals surface area contributed by atoms with Gasteiger partial charge in [0.15, 0.2) is 0 Å². The van der Waals surface area contributed by atoms with Crippen LogP contribution in [-0.2, 0) is 16.2 Å². The molecule has 0 spiro atoms. The maximum Gasteiger partial charge on any atom is 0.0588 e. The van der Waals surface area contributed by atoms with E-state index in [0.717, 1.165) is 35.5 Å². The third-order valence-corrected chi connectivity index (χ3v) is 20.6. The average molecular weight is 947 g/mol. The molecule has 0 radical (unpaired) electrons. The maximum absolute atomic E-state index is 2.60. The summed E-state index contributed by atoms with van der Waals surface area (Å²) in [5, 5.41) is 2.61. The molecule has 0 N–H and O–H groups in total. The fourth-order valence-electron chi connectivity index (χ4n) is 18.4. The molecule has 9 aromatic rings. The fraction of sp³-hybridized carbons (Fsp3) is 0.324. The van der Waals surface area contributed by atoms with Gasteiger partial charge in [0, 0.05) is 38.9 Å². The Balaban J connectivity index is 0.858. The molecule has 8 fully saturated rings. The van der Waals surface area contributed by atoms with Crippen molar-refractivity contribution in [2.45, 2.75) is 107 Å². The molecule has 18 rings (SSSR count). The molecule has 0 unspecified atom stereocenters. The van der Waals surface area contributed by atoms with Gasteiger partial charge in [-0.1, -0.05) is 135 Å². The van der Waals surface area contributed by atoms with Gasteiger partial charge in [-0.3, -0.25) is 0 Å². The standard InChI is InChI=1S/C71H66N2/c1-69(2)64-38-59(72(57-22-18-54(19-23-57)70-39-45-30-46(40-70)32-47(31-45)41-70)58-24-20-55(21-25-58)71-42-48-33-49(43-71)35-50(34-48)44-71)26-27-60(64)61-28-29-62-66-63(52-14-8-4-9-15-52)36-53(51-12-6-3-7-13-51)37-65(66)73(68(62)67(61)69)56-16-10-5-11-17-56/h3-29,36-38,45-50H,30-35,39-44H2,1-2H3. The smallest absolute Gasteiger partial charge is 0.0588 e. The van der Waals surface area contributed by atoms with Crippen molar-refractivity contribution in [1.29, 1.82) is 0 Å². The first-order valence-electron chi connectivity index (χ1n) is 28.2. The summed E-state index contributed by atoms with van der Waals surface area (Å²) in [6.07, 6.45) is 17.2. The van der Waals surface area contributed by atoms with Crippen molar-refractivity contribution in [2.75, 3.05) is 4.90 Å². The summed E-state index contributed by atoms with van der Waals surface area (Å²) in [6.45, 7) is 4.98. The van der Waals surface area contributed by atoms with Crippen LogP contribution in [0.25, 0.3) is 60.9 Å². The molecule has 1 aromatic heterocycles. The van der Waals surface area contributed by atoms with Crippen LogP contribution in [0, 0.1) is 35.5 Å².